The van der Waals surface area contributed by atoms with Gasteiger partial charge >= 0.3 is 5.97 Å². The van der Waals surface area contributed by atoms with Crippen LogP contribution in [0.1, 0.15) is 19.0 Å². The normalized spacial score (nSPS) is 12.2. The highest BCUT2D eigenvalue weighted by Crippen LogP contribution is 2.16. The minimum absolute atomic E-state index is 0.00752. The number of anilines is 1. The fourth-order valence-electron chi connectivity index (χ4n) is 1.56. The van der Waals surface area contributed by atoms with Gasteiger partial charge in [0.25, 0.3) is 0 Å². The van der Waals surface area contributed by atoms with Crippen molar-refractivity contribution in [3.8, 4) is 0 Å². The summed E-state index contributed by atoms with van der Waals surface area (Å²) >= 11 is 1.51. The quantitative estimate of drug-likeness (QED) is 0.664. The molecule has 114 valence electrons. The first-order valence-electron chi connectivity index (χ1n) is 6.55. The Balaban J connectivity index is 2.33. The van der Waals surface area contributed by atoms with Crippen molar-refractivity contribution >= 4 is 22.4 Å². The summed E-state index contributed by atoms with van der Waals surface area (Å²) in [7, 11) is 3.29. The summed E-state index contributed by atoms with van der Waals surface area (Å²) in [4.78, 5) is 15.7. The fraction of sp³-hybridized carbons (Fsp3) is 0.692. The van der Waals surface area contributed by atoms with E-state index in [1.165, 1.54) is 11.3 Å². The van der Waals surface area contributed by atoms with Crippen LogP contribution in [0.2, 0.25) is 0 Å². The van der Waals surface area contributed by atoms with E-state index in [4.69, 9.17) is 14.2 Å². The van der Waals surface area contributed by atoms with Gasteiger partial charge in [0.15, 0.2) is 5.13 Å². The molecule has 1 rings (SSSR count). The molecule has 1 aromatic heterocycles. The van der Waals surface area contributed by atoms with Gasteiger partial charge in [-0.2, -0.15) is 0 Å². The number of nitrogens with one attached hydrogen (secondary N) is 1. The molecule has 6 nitrogen and oxygen atoms in total. The summed E-state index contributed by atoms with van der Waals surface area (Å²) in [6.45, 7) is 3.38. The lowest BCUT2D eigenvalue weighted by atomic mass is 10.2. The topological polar surface area (TPSA) is 69.7 Å². The summed E-state index contributed by atoms with van der Waals surface area (Å²) < 4.78 is 15.2. The molecule has 0 spiro atoms. The SMILES string of the molecule is CCOC(=O)CCc1csc(NCC(COC)OC)n1. The number of carbonyl (C=O) groups is 1. The van der Waals surface area contributed by atoms with Gasteiger partial charge in [-0.15, -0.1) is 11.3 Å². The summed E-state index contributed by atoms with van der Waals surface area (Å²) in [6.07, 6.45) is 0.955. The summed E-state index contributed by atoms with van der Waals surface area (Å²) in [6, 6.07) is 0. The maximum Gasteiger partial charge on any atom is 0.306 e. The molecule has 0 amide bonds. The molecule has 20 heavy (non-hydrogen) atoms. The van der Waals surface area contributed by atoms with Gasteiger partial charge in [0, 0.05) is 32.6 Å². The van der Waals surface area contributed by atoms with E-state index in [1.54, 1.807) is 21.1 Å². The Kier molecular flexibility index (Phi) is 8.17. The Morgan fingerprint density at radius 1 is 1.50 bits per heavy atom. The van der Waals surface area contributed by atoms with Crippen molar-refractivity contribution in [2.75, 3.05) is 39.3 Å². The lowest BCUT2D eigenvalue weighted by Crippen LogP contribution is -2.26. The van der Waals surface area contributed by atoms with Crippen molar-refractivity contribution in [2.45, 2.75) is 25.9 Å². The van der Waals surface area contributed by atoms with Gasteiger partial charge < -0.3 is 19.5 Å². The van der Waals surface area contributed by atoms with E-state index >= 15 is 0 Å². The van der Waals surface area contributed by atoms with E-state index in [2.05, 4.69) is 10.3 Å². The monoisotopic (exact) mass is 302 g/mol. The average Bonchev–Trinajstić information content (AvgIpc) is 2.89. The molecule has 0 aliphatic carbocycles. The molecule has 0 aromatic carbocycles. The summed E-state index contributed by atoms with van der Waals surface area (Å²) in [5.74, 6) is -0.186. The van der Waals surface area contributed by atoms with Crippen LogP contribution in [0.3, 0.4) is 0 Å². The van der Waals surface area contributed by atoms with Gasteiger partial charge in [0.2, 0.25) is 0 Å². The van der Waals surface area contributed by atoms with E-state index in [-0.39, 0.29) is 12.1 Å². The van der Waals surface area contributed by atoms with Crippen molar-refractivity contribution in [2.24, 2.45) is 0 Å². The second-order valence-corrected chi connectivity index (χ2v) is 5.00. The highest BCUT2D eigenvalue weighted by Gasteiger charge is 2.09. The number of thiazole rings is 1. The molecule has 0 fully saturated rings. The molecule has 0 saturated carbocycles. The van der Waals surface area contributed by atoms with Crippen LogP contribution in [0.25, 0.3) is 0 Å². The number of nitrogens with zero attached hydrogens (tertiary/aromatic N) is 1. The van der Waals surface area contributed by atoms with Crippen molar-refractivity contribution < 1.29 is 19.0 Å². The summed E-state index contributed by atoms with van der Waals surface area (Å²) in [5.41, 5.74) is 0.895. The second-order valence-electron chi connectivity index (χ2n) is 4.14. The van der Waals surface area contributed by atoms with E-state index < -0.39 is 0 Å². The molecule has 0 aliphatic rings. The number of aryl methyl sites for hydroxylation is 1. The molecule has 0 bridgehead atoms. The number of esters is 1. The molecule has 1 N–H and O–H groups in total. The van der Waals surface area contributed by atoms with Gasteiger partial charge in [-0.3, -0.25) is 4.79 Å². The molecule has 1 aromatic rings. The minimum atomic E-state index is -0.186. The van der Waals surface area contributed by atoms with Crippen LogP contribution in [-0.2, 0) is 25.4 Å². The highest BCUT2D eigenvalue weighted by atomic mass is 32.1. The number of carbonyl (C=O) groups excluding carboxylic acids is 1. The Hall–Kier alpha value is -1.18. The van der Waals surface area contributed by atoms with Gasteiger partial charge in [-0.1, -0.05) is 0 Å². The smallest absolute Gasteiger partial charge is 0.306 e. The number of aromatic nitrogens is 1. The Bertz CT molecular complexity index is 397. The van der Waals surface area contributed by atoms with Crippen LogP contribution < -0.4 is 5.32 Å². The van der Waals surface area contributed by atoms with Crippen molar-refractivity contribution in [3.63, 3.8) is 0 Å². The van der Waals surface area contributed by atoms with Gasteiger partial charge in [-0.05, 0) is 6.92 Å². The lowest BCUT2D eigenvalue weighted by molar-refractivity contribution is -0.143. The van der Waals surface area contributed by atoms with E-state index in [9.17, 15) is 4.79 Å². The van der Waals surface area contributed by atoms with Crippen molar-refractivity contribution in [1.29, 1.82) is 0 Å². The standard InChI is InChI=1S/C13H22N2O4S/c1-4-19-12(16)6-5-10-9-20-13(15-10)14-7-11(18-3)8-17-2/h9,11H,4-8H2,1-3H3,(H,14,15). The zero-order valence-electron chi connectivity index (χ0n) is 12.2. The first-order valence-corrected chi connectivity index (χ1v) is 7.43. The number of methoxy groups -OCH3 is 2. The molecule has 1 atom stereocenters. The maximum atomic E-state index is 11.3. The molecular formula is C13H22N2O4S. The van der Waals surface area contributed by atoms with Crippen molar-refractivity contribution in [3.05, 3.63) is 11.1 Å². The van der Waals surface area contributed by atoms with E-state index in [0.29, 0.717) is 32.6 Å². The van der Waals surface area contributed by atoms with Crippen LogP contribution in [0, 0.1) is 0 Å². The summed E-state index contributed by atoms with van der Waals surface area (Å²) in [5, 5.41) is 5.97. The Morgan fingerprint density at radius 2 is 2.30 bits per heavy atom. The molecule has 0 saturated heterocycles. The number of rotatable bonds is 10. The van der Waals surface area contributed by atoms with Crippen molar-refractivity contribution in [1.82, 2.24) is 4.98 Å². The Labute approximate surface area is 123 Å². The predicted molar refractivity (Wildman–Crippen MR) is 78.2 cm³/mol. The molecule has 7 heteroatoms. The fourth-order valence-corrected chi connectivity index (χ4v) is 2.32. The third-order valence-electron chi connectivity index (χ3n) is 2.61. The van der Waals surface area contributed by atoms with Gasteiger partial charge in [-0.25, -0.2) is 4.98 Å². The minimum Gasteiger partial charge on any atom is -0.466 e. The van der Waals surface area contributed by atoms with Crippen LogP contribution in [0.4, 0.5) is 5.13 Å². The van der Waals surface area contributed by atoms with Crippen LogP contribution >= 0.6 is 11.3 Å². The number of hydrogen-bond acceptors (Lipinski definition) is 7. The molecule has 1 unspecified atom stereocenters. The van der Waals surface area contributed by atoms with E-state index in [0.717, 1.165) is 10.8 Å². The number of ether oxygens (including phenoxy) is 3. The largest absolute Gasteiger partial charge is 0.466 e. The molecule has 1 heterocycles. The first-order chi connectivity index (χ1) is 9.69. The van der Waals surface area contributed by atoms with Gasteiger partial charge in [0.05, 0.1) is 31.4 Å². The second kappa shape index (κ2) is 9.68. The highest BCUT2D eigenvalue weighted by molar-refractivity contribution is 7.13. The Morgan fingerprint density at radius 3 is 2.95 bits per heavy atom. The van der Waals surface area contributed by atoms with E-state index in [1.807, 2.05) is 5.38 Å². The first kappa shape index (κ1) is 16.9. The predicted octanol–water partition coefficient (Wildman–Crippen LogP) is 1.71. The zero-order chi connectivity index (χ0) is 14.8. The molecular weight excluding hydrogens is 280 g/mol. The van der Waals surface area contributed by atoms with Crippen LogP contribution in [0.5, 0.6) is 0 Å². The zero-order valence-corrected chi connectivity index (χ0v) is 13.0. The third-order valence-corrected chi connectivity index (χ3v) is 3.46. The average molecular weight is 302 g/mol. The van der Waals surface area contributed by atoms with Gasteiger partial charge in [0.1, 0.15) is 0 Å². The van der Waals surface area contributed by atoms with Crippen LogP contribution in [0.15, 0.2) is 5.38 Å². The maximum absolute atomic E-state index is 11.3. The number of hydrogen-bond donors (Lipinski definition) is 1. The van der Waals surface area contributed by atoms with Crippen LogP contribution in [-0.4, -0.2) is 51.0 Å². The molecule has 0 radical (unpaired) electrons. The lowest BCUT2D eigenvalue weighted by Gasteiger charge is -2.14. The third kappa shape index (κ3) is 6.31. The molecule has 0 aliphatic heterocycles.